The minimum Gasteiger partial charge on any atom is -0.382 e. The van der Waals surface area contributed by atoms with Crippen molar-refractivity contribution in [3.05, 3.63) is 15.9 Å². The van der Waals surface area contributed by atoms with Crippen LogP contribution in [-0.4, -0.2) is 28.8 Å². The van der Waals surface area contributed by atoms with Gasteiger partial charge in [-0.05, 0) is 35.7 Å². The molecule has 0 aliphatic heterocycles. The zero-order valence-electron chi connectivity index (χ0n) is 11.3. The van der Waals surface area contributed by atoms with E-state index < -0.39 is 0 Å². The van der Waals surface area contributed by atoms with Crippen molar-refractivity contribution in [2.45, 2.75) is 39.5 Å². The number of hydrogen-bond acceptors (Lipinski definition) is 3. The van der Waals surface area contributed by atoms with E-state index in [-0.39, 0.29) is 5.78 Å². The number of ether oxygens (including phenoxy) is 1. The lowest BCUT2D eigenvalue weighted by atomic mass is 10.1. The molecule has 0 bridgehead atoms. The van der Waals surface area contributed by atoms with E-state index in [4.69, 9.17) is 4.74 Å². The molecular weight excluding hydrogens is 296 g/mol. The minimum atomic E-state index is 0.237. The quantitative estimate of drug-likeness (QED) is 0.693. The Labute approximate surface area is 117 Å². The van der Waals surface area contributed by atoms with E-state index in [1.807, 2.05) is 14.0 Å². The highest BCUT2D eigenvalue weighted by molar-refractivity contribution is 9.10. The van der Waals surface area contributed by atoms with E-state index in [1.54, 1.807) is 4.68 Å². The molecule has 1 aromatic rings. The van der Waals surface area contributed by atoms with Crippen LogP contribution >= 0.6 is 15.9 Å². The highest BCUT2D eigenvalue weighted by Gasteiger charge is 2.15. The predicted molar refractivity (Wildman–Crippen MR) is 74.7 cm³/mol. The van der Waals surface area contributed by atoms with Gasteiger partial charge in [0.1, 0.15) is 5.78 Å². The molecular formula is C13H21BrN2O2. The van der Waals surface area contributed by atoms with Gasteiger partial charge < -0.3 is 4.74 Å². The van der Waals surface area contributed by atoms with E-state index >= 15 is 0 Å². The van der Waals surface area contributed by atoms with E-state index in [0.717, 1.165) is 28.7 Å². The van der Waals surface area contributed by atoms with Crippen LogP contribution in [0.1, 0.15) is 38.1 Å². The molecule has 1 rings (SSSR count). The lowest BCUT2D eigenvalue weighted by molar-refractivity contribution is -0.118. The monoisotopic (exact) mass is 316 g/mol. The van der Waals surface area contributed by atoms with Crippen molar-refractivity contribution in [2.75, 3.05) is 13.2 Å². The molecule has 0 amide bonds. The van der Waals surface area contributed by atoms with E-state index in [1.165, 1.54) is 0 Å². The van der Waals surface area contributed by atoms with Crippen molar-refractivity contribution in [3.8, 4) is 0 Å². The third-order valence-corrected chi connectivity index (χ3v) is 3.73. The van der Waals surface area contributed by atoms with Crippen LogP contribution in [0.15, 0.2) is 4.47 Å². The van der Waals surface area contributed by atoms with E-state index in [9.17, 15) is 4.79 Å². The summed E-state index contributed by atoms with van der Waals surface area (Å²) in [6, 6.07) is 0. The molecule has 0 fully saturated rings. The Morgan fingerprint density at radius 3 is 2.72 bits per heavy atom. The fourth-order valence-electron chi connectivity index (χ4n) is 1.80. The highest BCUT2D eigenvalue weighted by atomic mass is 79.9. The number of carbonyl (C=O) groups excluding carboxylic acids is 1. The SMILES string of the molecule is CCOCCCC(=O)Cc1c(Br)c(CC)nn1C. The number of carbonyl (C=O) groups is 1. The van der Waals surface area contributed by atoms with Gasteiger partial charge in [0, 0.05) is 33.1 Å². The van der Waals surface area contributed by atoms with Gasteiger partial charge >= 0.3 is 0 Å². The smallest absolute Gasteiger partial charge is 0.138 e. The standard InChI is InChI=1S/C13H21BrN2O2/c1-4-11-13(14)12(16(3)15-11)9-10(17)7-6-8-18-5-2/h4-9H2,1-3H3. The first-order chi connectivity index (χ1) is 8.60. The van der Waals surface area contributed by atoms with Crippen LogP contribution in [0, 0.1) is 0 Å². The maximum atomic E-state index is 11.9. The van der Waals surface area contributed by atoms with Gasteiger partial charge in [0.25, 0.3) is 0 Å². The summed E-state index contributed by atoms with van der Waals surface area (Å²) in [4.78, 5) is 11.9. The molecule has 0 saturated heterocycles. The van der Waals surface area contributed by atoms with Crippen molar-refractivity contribution < 1.29 is 9.53 Å². The highest BCUT2D eigenvalue weighted by Crippen LogP contribution is 2.22. The van der Waals surface area contributed by atoms with Crippen molar-refractivity contribution in [2.24, 2.45) is 7.05 Å². The van der Waals surface area contributed by atoms with Crippen molar-refractivity contribution >= 4 is 21.7 Å². The molecule has 0 radical (unpaired) electrons. The molecule has 4 nitrogen and oxygen atoms in total. The molecule has 0 aliphatic rings. The number of nitrogens with zero attached hydrogens (tertiary/aromatic N) is 2. The molecule has 0 saturated carbocycles. The first-order valence-corrected chi connectivity index (χ1v) is 7.19. The number of rotatable bonds is 8. The Kier molecular flexibility index (Phi) is 6.57. The van der Waals surface area contributed by atoms with Crippen LogP contribution in [0.5, 0.6) is 0 Å². The van der Waals surface area contributed by atoms with Crippen LogP contribution in [0.25, 0.3) is 0 Å². The average Bonchev–Trinajstić information content (AvgIpc) is 2.62. The largest absolute Gasteiger partial charge is 0.382 e. The fourth-order valence-corrected chi connectivity index (χ4v) is 2.56. The number of hydrogen-bond donors (Lipinski definition) is 0. The van der Waals surface area contributed by atoms with Gasteiger partial charge in [0.2, 0.25) is 0 Å². The molecule has 0 atom stereocenters. The molecule has 0 unspecified atom stereocenters. The molecule has 0 N–H and O–H groups in total. The van der Waals surface area contributed by atoms with Crippen molar-refractivity contribution in [1.29, 1.82) is 0 Å². The van der Waals surface area contributed by atoms with Crippen molar-refractivity contribution in [1.82, 2.24) is 9.78 Å². The lowest BCUT2D eigenvalue weighted by Gasteiger charge is -2.03. The molecule has 0 aliphatic carbocycles. The minimum absolute atomic E-state index is 0.237. The van der Waals surface area contributed by atoms with Crippen LogP contribution < -0.4 is 0 Å². The molecule has 18 heavy (non-hydrogen) atoms. The third kappa shape index (κ3) is 4.21. The first kappa shape index (κ1) is 15.4. The van der Waals surface area contributed by atoms with Gasteiger partial charge in [0.05, 0.1) is 15.9 Å². The number of aryl methyl sites for hydroxylation is 2. The van der Waals surface area contributed by atoms with Crippen LogP contribution in [0.4, 0.5) is 0 Å². The molecule has 1 heterocycles. The second-order valence-corrected chi connectivity index (χ2v) is 4.99. The van der Waals surface area contributed by atoms with E-state index in [2.05, 4.69) is 28.0 Å². The van der Waals surface area contributed by atoms with Gasteiger partial charge in [-0.25, -0.2) is 0 Å². The average molecular weight is 317 g/mol. The van der Waals surface area contributed by atoms with Gasteiger partial charge in [-0.2, -0.15) is 5.10 Å². The first-order valence-electron chi connectivity index (χ1n) is 6.39. The third-order valence-electron chi connectivity index (χ3n) is 2.82. The summed E-state index contributed by atoms with van der Waals surface area (Å²) in [5.74, 6) is 0.237. The normalized spacial score (nSPS) is 10.9. The summed E-state index contributed by atoms with van der Waals surface area (Å²) in [5, 5.41) is 4.38. The molecule has 5 heteroatoms. The summed E-state index contributed by atoms with van der Waals surface area (Å²) in [5.41, 5.74) is 1.97. The van der Waals surface area contributed by atoms with Gasteiger partial charge in [-0.1, -0.05) is 6.92 Å². The molecule has 0 aromatic carbocycles. The van der Waals surface area contributed by atoms with Gasteiger partial charge in [0.15, 0.2) is 0 Å². The lowest BCUT2D eigenvalue weighted by Crippen LogP contribution is -2.09. The Hall–Kier alpha value is -0.680. The topological polar surface area (TPSA) is 44.1 Å². The number of ketones is 1. The number of Topliss-reactive ketones (excluding diaryl/α,β-unsaturated/α-hetero) is 1. The second-order valence-electron chi connectivity index (χ2n) is 4.20. The van der Waals surface area contributed by atoms with Gasteiger partial charge in [-0.3, -0.25) is 9.48 Å². The summed E-state index contributed by atoms with van der Waals surface area (Å²) in [6.07, 6.45) is 2.67. The Morgan fingerprint density at radius 1 is 1.44 bits per heavy atom. The molecule has 1 aromatic heterocycles. The zero-order valence-corrected chi connectivity index (χ0v) is 12.9. The van der Waals surface area contributed by atoms with Crippen LogP contribution in [-0.2, 0) is 29.4 Å². The fraction of sp³-hybridized carbons (Fsp3) is 0.692. The van der Waals surface area contributed by atoms with Crippen molar-refractivity contribution in [3.63, 3.8) is 0 Å². The summed E-state index contributed by atoms with van der Waals surface area (Å²) >= 11 is 3.52. The Bertz CT molecular complexity index is 402. The number of halogens is 1. The van der Waals surface area contributed by atoms with Gasteiger partial charge in [-0.15, -0.1) is 0 Å². The Balaban J connectivity index is 2.51. The summed E-state index contributed by atoms with van der Waals surface area (Å²) in [6.45, 7) is 5.39. The maximum absolute atomic E-state index is 11.9. The molecule has 0 spiro atoms. The maximum Gasteiger partial charge on any atom is 0.138 e. The number of aromatic nitrogens is 2. The Morgan fingerprint density at radius 2 is 2.17 bits per heavy atom. The van der Waals surface area contributed by atoms with Crippen LogP contribution in [0.3, 0.4) is 0 Å². The predicted octanol–water partition coefficient (Wildman–Crippen LogP) is 2.67. The summed E-state index contributed by atoms with van der Waals surface area (Å²) in [7, 11) is 1.88. The van der Waals surface area contributed by atoms with E-state index in [0.29, 0.717) is 26.1 Å². The summed E-state index contributed by atoms with van der Waals surface area (Å²) < 4.78 is 8.00. The zero-order chi connectivity index (χ0) is 13.5. The van der Waals surface area contributed by atoms with Crippen LogP contribution in [0.2, 0.25) is 0 Å². The second kappa shape index (κ2) is 7.69. The molecule has 102 valence electrons.